The van der Waals surface area contributed by atoms with Gasteiger partial charge in [0.2, 0.25) is 5.91 Å². The highest BCUT2D eigenvalue weighted by Gasteiger charge is 2.41. The lowest BCUT2D eigenvalue weighted by molar-refractivity contribution is -0.122. The van der Waals surface area contributed by atoms with Crippen LogP contribution in [0.15, 0.2) is 66.7 Å². The first-order chi connectivity index (χ1) is 18.5. The summed E-state index contributed by atoms with van der Waals surface area (Å²) in [6.07, 6.45) is 2.42. The van der Waals surface area contributed by atoms with Gasteiger partial charge in [-0.2, -0.15) is 0 Å². The van der Waals surface area contributed by atoms with Crippen molar-refractivity contribution in [1.82, 2.24) is 20.1 Å². The Balaban J connectivity index is 1.40. The molecule has 3 aromatic carbocycles. The van der Waals surface area contributed by atoms with E-state index in [9.17, 15) is 9.59 Å². The number of carbonyl (C=O) groups is 2. The molecule has 2 amide bonds. The van der Waals surface area contributed by atoms with Crippen molar-refractivity contribution in [2.75, 3.05) is 32.7 Å². The quantitative estimate of drug-likeness (QED) is 0.303. The van der Waals surface area contributed by atoms with E-state index in [-0.39, 0.29) is 18.4 Å². The van der Waals surface area contributed by atoms with Crippen LogP contribution in [0.3, 0.4) is 0 Å². The highest BCUT2D eigenvalue weighted by molar-refractivity contribution is 6.36. The fraction of sp³-hybridized carbons (Fsp3) is 0.267. The molecule has 0 aliphatic carbocycles. The van der Waals surface area contributed by atoms with Crippen LogP contribution in [0.2, 0.25) is 10.0 Å². The highest BCUT2D eigenvalue weighted by atomic mass is 35.5. The molecule has 2 N–H and O–H groups in total. The van der Waals surface area contributed by atoms with Gasteiger partial charge in [0.05, 0.1) is 16.8 Å². The standard InChI is InChI=1S/C30H28Cl2N4O2/c31-19-11-12-22(24(32)17-19)28-27(23-9-3-4-10-25(23)34-28)29-20-7-1-2-8-21(20)30(38)36(29)18-26(37)33-13-16-35-14-5-6-15-35/h1-4,7-12,17,29,34H,5-6,13-16,18H2,(H,33,37). The zero-order valence-electron chi connectivity index (χ0n) is 20.8. The number of para-hydroxylation sites is 1. The summed E-state index contributed by atoms with van der Waals surface area (Å²) in [4.78, 5) is 34.4. The minimum atomic E-state index is -0.457. The second-order valence-electron chi connectivity index (χ2n) is 9.90. The van der Waals surface area contributed by atoms with Gasteiger partial charge in [0.15, 0.2) is 0 Å². The minimum absolute atomic E-state index is 0.0362. The SMILES string of the molecule is O=C(CN1C(=O)c2ccccc2C1c1c(-c2ccc(Cl)cc2Cl)[nH]c2ccccc12)NCCN1CCCC1. The van der Waals surface area contributed by atoms with Gasteiger partial charge in [-0.1, -0.05) is 59.6 Å². The topological polar surface area (TPSA) is 68.4 Å². The zero-order chi connectivity index (χ0) is 26.2. The Bertz CT molecular complexity index is 1530. The number of carbonyl (C=O) groups excluding carboxylic acids is 2. The van der Waals surface area contributed by atoms with Crippen LogP contribution in [0.1, 0.15) is 40.4 Å². The van der Waals surface area contributed by atoms with Gasteiger partial charge in [0.1, 0.15) is 6.54 Å². The Kier molecular flexibility index (Phi) is 6.87. The summed E-state index contributed by atoms with van der Waals surface area (Å²) in [5.41, 5.74) is 4.92. The second-order valence-corrected chi connectivity index (χ2v) is 10.7. The van der Waals surface area contributed by atoms with Crippen LogP contribution in [0.4, 0.5) is 0 Å². The number of nitrogens with one attached hydrogen (secondary N) is 2. The molecule has 3 heterocycles. The molecule has 4 aromatic rings. The molecule has 8 heteroatoms. The molecule has 0 saturated carbocycles. The van der Waals surface area contributed by atoms with E-state index in [1.54, 1.807) is 17.0 Å². The van der Waals surface area contributed by atoms with E-state index >= 15 is 0 Å². The summed E-state index contributed by atoms with van der Waals surface area (Å²) in [5.74, 6) is -0.319. The number of hydrogen-bond donors (Lipinski definition) is 2. The molecule has 2 aliphatic rings. The lowest BCUT2D eigenvalue weighted by atomic mass is 9.93. The van der Waals surface area contributed by atoms with Crippen LogP contribution < -0.4 is 5.32 Å². The molecule has 1 unspecified atom stereocenters. The Morgan fingerprint density at radius 3 is 2.55 bits per heavy atom. The number of fused-ring (bicyclic) bond motifs is 2. The van der Waals surface area contributed by atoms with Gasteiger partial charge in [-0.05, 0) is 61.8 Å². The molecule has 38 heavy (non-hydrogen) atoms. The van der Waals surface area contributed by atoms with E-state index in [1.807, 2.05) is 54.6 Å². The highest BCUT2D eigenvalue weighted by Crippen LogP contribution is 2.46. The van der Waals surface area contributed by atoms with Gasteiger partial charge in [0.25, 0.3) is 5.91 Å². The van der Waals surface area contributed by atoms with Crippen LogP contribution in [0.25, 0.3) is 22.2 Å². The summed E-state index contributed by atoms with van der Waals surface area (Å²) in [6.45, 7) is 3.51. The van der Waals surface area contributed by atoms with E-state index in [2.05, 4.69) is 15.2 Å². The molecule has 1 atom stereocenters. The minimum Gasteiger partial charge on any atom is -0.354 e. The van der Waals surface area contributed by atoms with Gasteiger partial charge >= 0.3 is 0 Å². The number of hydrogen-bond acceptors (Lipinski definition) is 3. The first-order valence-electron chi connectivity index (χ1n) is 13.0. The van der Waals surface area contributed by atoms with Gasteiger partial charge in [0, 0.05) is 45.7 Å². The fourth-order valence-corrected chi connectivity index (χ4v) is 6.27. The third kappa shape index (κ3) is 4.57. The number of halogens is 2. The average molecular weight is 547 g/mol. The normalized spacial score (nSPS) is 17.4. The van der Waals surface area contributed by atoms with E-state index in [0.717, 1.165) is 52.9 Å². The van der Waals surface area contributed by atoms with Crippen LogP contribution in [-0.2, 0) is 4.79 Å². The fourth-order valence-electron chi connectivity index (χ4n) is 5.77. The van der Waals surface area contributed by atoms with E-state index in [4.69, 9.17) is 23.2 Å². The maximum absolute atomic E-state index is 13.7. The molecule has 1 fully saturated rings. The van der Waals surface area contributed by atoms with Gasteiger partial charge in [-0.3, -0.25) is 9.59 Å². The predicted molar refractivity (Wildman–Crippen MR) is 152 cm³/mol. The summed E-state index contributed by atoms with van der Waals surface area (Å²) in [5, 5.41) is 5.06. The summed E-state index contributed by atoms with van der Waals surface area (Å²) < 4.78 is 0. The average Bonchev–Trinajstić information content (AvgIpc) is 3.62. The Hall–Kier alpha value is -3.32. The Labute approximate surface area is 231 Å². The molecule has 194 valence electrons. The van der Waals surface area contributed by atoms with Crippen molar-refractivity contribution in [2.45, 2.75) is 18.9 Å². The maximum Gasteiger partial charge on any atom is 0.255 e. The molecule has 6 nitrogen and oxygen atoms in total. The number of likely N-dealkylation sites (tertiary alicyclic amines) is 1. The summed E-state index contributed by atoms with van der Waals surface area (Å²) in [6, 6.07) is 20.5. The van der Waals surface area contributed by atoms with E-state index in [1.165, 1.54) is 12.8 Å². The molecule has 2 aliphatic heterocycles. The Morgan fingerprint density at radius 2 is 1.74 bits per heavy atom. The van der Waals surface area contributed by atoms with Crippen LogP contribution >= 0.6 is 23.2 Å². The van der Waals surface area contributed by atoms with Crippen LogP contribution in [0, 0.1) is 0 Å². The van der Waals surface area contributed by atoms with Crippen molar-refractivity contribution in [3.63, 3.8) is 0 Å². The van der Waals surface area contributed by atoms with Gasteiger partial charge in [-0.25, -0.2) is 0 Å². The molecule has 6 rings (SSSR count). The van der Waals surface area contributed by atoms with Crippen molar-refractivity contribution in [3.05, 3.63) is 93.5 Å². The first kappa shape index (κ1) is 25.0. The molecule has 0 spiro atoms. The number of H-pyrrole nitrogens is 1. The number of aromatic nitrogens is 1. The summed E-state index contributed by atoms with van der Waals surface area (Å²) in [7, 11) is 0. The molecule has 0 radical (unpaired) electrons. The lowest BCUT2D eigenvalue weighted by Gasteiger charge is -2.26. The molecule has 1 saturated heterocycles. The van der Waals surface area contributed by atoms with Gasteiger partial charge in [-0.15, -0.1) is 0 Å². The third-order valence-electron chi connectivity index (χ3n) is 7.54. The molecular weight excluding hydrogens is 519 g/mol. The van der Waals surface area contributed by atoms with Crippen molar-refractivity contribution in [2.24, 2.45) is 0 Å². The zero-order valence-corrected chi connectivity index (χ0v) is 22.4. The first-order valence-corrected chi connectivity index (χ1v) is 13.7. The summed E-state index contributed by atoms with van der Waals surface area (Å²) >= 11 is 12.9. The van der Waals surface area contributed by atoms with Gasteiger partial charge < -0.3 is 20.1 Å². The van der Waals surface area contributed by atoms with Crippen LogP contribution in [-0.4, -0.2) is 59.3 Å². The largest absolute Gasteiger partial charge is 0.354 e. The number of rotatable bonds is 7. The van der Waals surface area contributed by atoms with Crippen molar-refractivity contribution >= 4 is 45.9 Å². The van der Waals surface area contributed by atoms with Crippen molar-refractivity contribution in [1.29, 1.82) is 0 Å². The van der Waals surface area contributed by atoms with E-state index in [0.29, 0.717) is 22.2 Å². The number of benzene rings is 3. The van der Waals surface area contributed by atoms with Crippen LogP contribution in [0.5, 0.6) is 0 Å². The molecule has 0 bridgehead atoms. The molecule has 1 aromatic heterocycles. The molecular formula is C30H28Cl2N4O2. The number of amides is 2. The lowest BCUT2D eigenvalue weighted by Crippen LogP contribution is -2.41. The van der Waals surface area contributed by atoms with Crippen molar-refractivity contribution < 1.29 is 9.59 Å². The van der Waals surface area contributed by atoms with Crippen molar-refractivity contribution in [3.8, 4) is 11.3 Å². The predicted octanol–water partition coefficient (Wildman–Crippen LogP) is 5.90. The number of aromatic amines is 1. The number of nitrogens with zero attached hydrogens (tertiary/aromatic N) is 2. The second kappa shape index (κ2) is 10.4. The smallest absolute Gasteiger partial charge is 0.255 e. The van der Waals surface area contributed by atoms with E-state index < -0.39 is 6.04 Å². The monoisotopic (exact) mass is 546 g/mol. The third-order valence-corrected chi connectivity index (χ3v) is 8.09. The maximum atomic E-state index is 13.7. The Morgan fingerprint density at radius 1 is 0.974 bits per heavy atom.